The highest BCUT2D eigenvalue weighted by atomic mass is 32.2. The van der Waals surface area contributed by atoms with Crippen molar-refractivity contribution in [1.82, 2.24) is 34.4 Å². The van der Waals surface area contributed by atoms with Crippen molar-refractivity contribution < 1.29 is 37.4 Å². The van der Waals surface area contributed by atoms with Gasteiger partial charge in [-0.05, 0) is 36.8 Å². The molecule has 63 heavy (non-hydrogen) atoms. The molecule has 2 aliphatic carbocycles. The first kappa shape index (κ1) is 43.7. The van der Waals surface area contributed by atoms with Crippen LogP contribution in [-0.2, 0) is 30.4 Å². The number of carbonyl (C=O) groups excluding carboxylic acids is 4. The summed E-state index contributed by atoms with van der Waals surface area (Å²) in [7, 11) is 1.58. The van der Waals surface area contributed by atoms with Crippen molar-refractivity contribution in [1.29, 1.82) is 0 Å². The molecule has 0 bridgehead atoms. The monoisotopic (exact) mass is 878 g/mol. The van der Waals surface area contributed by atoms with Gasteiger partial charge in [-0.2, -0.15) is 0 Å². The van der Waals surface area contributed by atoms with Crippen LogP contribution in [0.5, 0.6) is 11.5 Å². The van der Waals surface area contributed by atoms with Gasteiger partial charge in [0.15, 0.2) is 0 Å². The van der Waals surface area contributed by atoms with Gasteiger partial charge >= 0.3 is 0 Å². The van der Waals surface area contributed by atoms with E-state index in [1.54, 1.807) is 36.7 Å². The van der Waals surface area contributed by atoms with Crippen LogP contribution in [0.2, 0.25) is 0 Å². The summed E-state index contributed by atoms with van der Waals surface area (Å²) in [6.45, 7) is 11.6. The summed E-state index contributed by atoms with van der Waals surface area (Å²) < 4.78 is 35.9. The molecule has 1 unspecified atom stereocenters. The van der Waals surface area contributed by atoms with Crippen molar-refractivity contribution in [2.45, 2.75) is 76.6 Å². The highest BCUT2D eigenvalue weighted by molar-refractivity contribution is 7.77. The first-order valence-electron chi connectivity index (χ1n) is 21.4. The van der Waals surface area contributed by atoms with Gasteiger partial charge in [0.05, 0.1) is 37.0 Å². The predicted octanol–water partition coefficient (Wildman–Crippen LogP) is 4.64. The zero-order valence-corrected chi connectivity index (χ0v) is 36.8. The number of aromatic nitrogens is 3. The van der Waals surface area contributed by atoms with E-state index in [1.165, 1.54) is 4.90 Å². The highest BCUT2D eigenvalue weighted by Gasteiger charge is 2.64. The number of pyridine rings is 1. The number of methoxy groups -OCH3 is 1. The molecule has 0 radical (unpaired) electrons. The quantitative estimate of drug-likeness (QED) is 0.132. The number of hydrogen-bond acceptors (Lipinski definition) is 11. The van der Waals surface area contributed by atoms with Gasteiger partial charge in [0.2, 0.25) is 17.7 Å². The Morgan fingerprint density at radius 3 is 2.43 bits per heavy atom. The van der Waals surface area contributed by atoms with Crippen LogP contribution in [0.4, 0.5) is 5.82 Å². The third-order valence-corrected chi connectivity index (χ3v) is 13.5. The summed E-state index contributed by atoms with van der Waals surface area (Å²) in [4.78, 5) is 76.8. The van der Waals surface area contributed by atoms with E-state index < -0.39 is 64.1 Å². The van der Waals surface area contributed by atoms with Gasteiger partial charge in [0.25, 0.3) is 17.2 Å². The second-order valence-corrected chi connectivity index (χ2v) is 18.7. The van der Waals surface area contributed by atoms with Crippen molar-refractivity contribution in [2.75, 3.05) is 44.7 Å². The molecule has 4 amide bonds. The number of hydrogen-bond donors (Lipinski definition) is 2. The lowest BCUT2D eigenvalue weighted by molar-refractivity contribution is -0.148. The molecule has 4 aromatic rings. The van der Waals surface area contributed by atoms with Gasteiger partial charge in [-0.25, -0.2) is 18.5 Å². The number of carbonyl (C=O) groups is 4. The fraction of sp³-hybridized carbons (Fsp3) is 0.457. The number of nitrogens with zero attached hydrogens (tertiary/aromatic N) is 7. The Bertz CT molecular complexity index is 2410. The standard InChI is InChI=1S/C46H54N8O8S/c1-6-30-26-46(30,44(58)54(63(59)60)31-12-13-31)50-42(56)38-23-33(62-39-25-36(29-10-8-7-9-11-29)49-37-22-32(61-5)14-15-34(37)39)28-53(38)43(57)35(45(2,3)4)24-41(55)52-20-18-51(19-21-52)40-27-47-16-17-48-40/h6-11,14-17,22,25,27,30-31,33,35,38H,1,12-13,18-21,23-24,26,28H2,2-5H3,(H,50,56)(H,59,60)/t30-,33-,35-,38+,46-/m1/s1. The molecule has 8 rings (SSSR count). The Hall–Kier alpha value is -5.94. The number of anilines is 1. The molecular formula is C46H54N8O8S. The van der Waals surface area contributed by atoms with Crippen molar-refractivity contribution in [2.24, 2.45) is 17.3 Å². The number of rotatable bonds is 14. The maximum absolute atomic E-state index is 15.1. The molecule has 4 heterocycles. The molecule has 6 atom stereocenters. The lowest BCUT2D eigenvalue weighted by atomic mass is 9.77. The van der Waals surface area contributed by atoms with Gasteiger partial charge in [-0.1, -0.05) is 57.2 Å². The second kappa shape index (κ2) is 17.7. The largest absolute Gasteiger partial charge is 0.497 e. The number of ether oxygens (including phenoxy) is 2. The van der Waals surface area contributed by atoms with E-state index in [9.17, 15) is 23.1 Å². The van der Waals surface area contributed by atoms with Crippen LogP contribution >= 0.6 is 0 Å². The van der Waals surface area contributed by atoms with Crippen LogP contribution in [0, 0.1) is 17.3 Å². The lowest BCUT2D eigenvalue weighted by Crippen LogP contribution is -2.58. The molecule has 16 nitrogen and oxygen atoms in total. The van der Waals surface area contributed by atoms with Gasteiger partial charge in [-0.3, -0.25) is 28.7 Å². The summed E-state index contributed by atoms with van der Waals surface area (Å²) >= 11 is -2.59. The van der Waals surface area contributed by atoms with Crippen LogP contribution < -0.4 is 19.7 Å². The normalized spacial score (nSPS) is 23.1. The van der Waals surface area contributed by atoms with E-state index >= 15 is 4.79 Å². The minimum Gasteiger partial charge on any atom is -0.497 e. The van der Waals surface area contributed by atoms with E-state index in [2.05, 4.69) is 26.8 Å². The van der Waals surface area contributed by atoms with E-state index in [1.807, 2.05) is 75.4 Å². The van der Waals surface area contributed by atoms with Gasteiger partial charge in [0.1, 0.15) is 35.0 Å². The number of fused-ring (bicyclic) bond motifs is 1. The Labute approximate surface area is 369 Å². The minimum atomic E-state index is -2.59. The molecule has 2 aromatic heterocycles. The minimum absolute atomic E-state index is 0.00973. The van der Waals surface area contributed by atoms with Gasteiger partial charge < -0.3 is 29.5 Å². The number of benzene rings is 2. The van der Waals surface area contributed by atoms with Crippen LogP contribution in [-0.4, -0.2) is 125 Å². The third kappa shape index (κ3) is 9.12. The molecule has 0 spiro atoms. The Kier molecular flexibility index (Phi) is 12.3. The first-order valence-corrected chi connectivity index (χ1v) is 22.5. The summed E-state index contributed by atoms with van der Waals surface area (Å²) in [6.07, 6.45) is 7.14. The zero-order chi connectivity index (χ0) is 44.6. The molecule has 2 saturated heterocycles. The molecule has 2 saturated carbocycles. The number of amides is 4. The SMILES string of the molecule is C=C[C@@H]1C[C@]1(NC(=O)[C@@H]1C[C@@H](Oc2cc(-c3ccccc3)nc3cc(OC)ccc23)CN1C(=O)[C@@H](CC(=O)N1CCN(c2cnccn2)CC1)C(C)(C)C)C(=O)N(C1CC1)S(=O)O. The fourth-order valence-electron chi connectivity index (χ4n) is 8.81. The van der Waals surface area contributed by atoms with Gasteiger partial charge in [0, 0.05) is 86.5 Å². The van der Waals surface area contributed by atoms with E-state index in [0.29, 0.717) is 67.1 Å². The predicted molar refractivity (Wildman–Crippen MR) is 236 cm³/mol. The Morgan fingerprint density at radius 1 is 1.06 bits per heavy atom. The topological polar surface area (TPSA) is 188 Å². The molecule has 4 fully saturated rings. The summed E-state index contributed by atoms with van der Waals surface area (Å²) in [5, 5.41) is 3.65. The average molecular weight is 879 g/mol. The molecule has 2 N–H and O–H groups in total. The Balaban J connectivity index is 1.09. The average Bonchev–Trinajstić information content (AvgIpc) is 4.21. The molecule has 2 aromatic carbocycles. The van der Waals surface area contributed by atoms with E-state index in [-0.39, 0.29) is 37.6 Å². The van der Waals surface area contributed by atoms with Crippen LogP contribution in [0.3, 0.4) is 0 Å². The molecule has 17 heteroatoms. The van der Waals surface area contributed by atoms with Crippen LogP contribution in [0.1, 0.15) is 52.9 Å². The van der Waals surface area contributed by atoms with Crippen molar-refractivity contribution in [3.63, 3.8) is 0 Å². The third-order valence-electron chi connectivity index (χ3n) is 12.7. The smallest absolute Gasteiger partial charge is 0.264 e. The fourth-order valence-corrected chi connectivity index (χ4v) is 9.58. The summed E-state index contributed by atoms with van der Waals surface area (Å²) in [6, 6.07) is 15.5. The van der Waals surface area contributed by atoms with Crippen molar-refractivity contribution >= 4 is 51.6 Å². The molecule has 4 aliphatic rings. The number of nitrogens with one attached hydrogen (secondary N) is 1. The first-order chi connectivity index (χ1) is 30.2. The van der Waals surface area contributed by atoms with Crippen LogP contribution in [0.25, 0.3) is 22.2 Å². The molecule has 332 valence electrons. The number of likely N-dealkylation sites (tertiary alicyclic amines) is 1. The Morgan fingerprint density at radius 2 is 1.81 bits per heavy atom. The lowest BCUT2D eigenvalue weighted by Gasteiger charge is -2.38. The van der Waals surface area contributed by atoms with E-state index in [4.69, 9.17) is 14.5 Å². The second-order valence-electron chi connectivity index (χ2n) is 17.9. The zero-order valence-electron chi connectivity index (χ0n) is 36.0. The summed E-state index contributed by atoms with van der Waals surface area (Å²) in [5.74, 6) is -1.28. The molecular weight excluding hydrogens is 825 g/mol. The highest BCUT2D eigenvalue weighted by Crippen LogP contribution is 2.48. The maximum atomic E-state index is 15.1. The van der Waals surface area contributed by atoms with Gasteiger partial charge in [-0.15, -0.1) is 6.58 Å². The maximum Gasteiger partial charge on any atom is 0.264 e. The van der Waals surface area contributed by atoms with Crippen molar-refractivity contribution in [3.05, 3.63) is 85.8 Å². The van der Waals surface area contributed by atoms with E-state index in [0.717, 1.165) is 15.7 Å². The molecule has 2 aliphatic heterocycles. The van der Waals surface area contributed by atoms with Crippen molar-refractivity contribution in [3.8, 4) is 22.8 Å². The summed E-state index contributed by atoms with van der Waals surface area (Å²) in [5.41, 5.74) is -0.0508. The number of piperazine rings is 1. The van der Waals surface area contributed by atoms with Crippen LogP contribution in [0.15, 0.2) is 85.8 Å².